The van der Waals surface area contributed by atoms with Crippen LogP contribution in [0.15, 0.2) is 200 Å². The van der Waals surface area contributed by atoms with Crippen molar-refractivity contribution in [1.29, 1.82) is 0 Å². The Hall–Kier alpha value is -6.70. The molecule has 0 saturated carbocycles. The Morgan fingerprint density at radius 1 is 0.404 bits per heavy atom. The third-order valence-electron chi connectivity index (χ3n) is 12.6. The fourth-order valence-corrected chi connectivity index (χ4v) is 9.19. The minimum absolute atomic E-state index is 0.130. The molecule has 0 spiro atoms. The molecule has 274 valence electrons. The van der Waals surface area contributed by atoms with E-state index in [0.29, 0.717) is 0 Å². The summed E-state index contributed by atoms with van der Waals surface area (Å²) in [4.78, 5) is 2.49. The lowest BCUT2D eigenvalue weighted by Gasteiger charge is -2.31. The molecule has 0 radical (unpaired) electrons. The van der Waals surface area contributed by atoms with E-state index in [0.717, 1.165) is 11.4 Å². The first-order valence-corrected chi connectivity index (χ1v) is 20.1. The van der Waals surface area contributed by atoms with Gasteiger partial charge in [-0.3, -0.25) is 0 Å². The van der Waals surface area contributed by atoms with E-state index in [2.05, 4.69) is 233 Å². The van der Waals surface area contributed by atoms with Gasteiger partial charge in [0.25, 0.3) is 0 Å². The smallest absolute Gasteiger partial charge is 0.0621 e. The molecule has 0 unspecified atom stereocenters. The molecule has 9 aromatic rings. The SMILES string of the molecule is CC(C)(c1ccc(-c2ccc(N(c3ccc(-c4ccccc4)cc3)c3c4c(cc5ccccc35)C(C)(C)c3ccccc3-4)cc2)cc1)c1ccc2ccccc2c1. The van der Waals surface area contributed by atoms with Gasteiger partial charge in [-0.15, -0.1) is 0 Å². The van der Waals surface area contributed by atoms with Crippen molar-refractivity contribution in [2.75, 3.05) is 4.90 Å². The van der Waals surface area contributed by atoms with Crippen molar-refractivity contribution >= 4 is 38.6 Å². The summed E-state index contributed by atoms with van der Waals surface area (Å²) in [5.41, 5.74) is 16.0. The number of nitrogens with zero attached hydrogens (tertiary/aromatic N) is 1. The zero-order valence-electron chi connectivity index (χ0n) is 33.0. The second-order valence-corrected chi connectivity index (χ2v) is 16.6. The van der Waals surface area contributed by atoms with Crippen LogP contribution in [0, 0.1) is 0 Å². The zero-order valence-corrected chi connectivity index (χ0v) is 33.0. The summed E-state index contributed by atoms with van der Waals surface area (Å²) in [5.74, 6) is 0. The molecule has 0 aliphatic heterocycles. The highest BCUT2D eigenvalue weighted by Gasteiger charge is 2.39. The van der Waals surface area contributed by atoms with Gasteiger partial charge in [0.1, 0.15) is 0 Å². The standard InChI is InChI=1S/C56H45N/c1-55(2,46-31-24-39-16-8-9-17-43(39)36-46)45-29-22-40(23-30-45)42-27-34-48(35-28-42)57(47-32-25-41(26-33-47)38-14-6-5-7-15-38)54-49-19-11-10-18-44(49)37-52-53(54)50-20-12-13-21-51(50)56(52,3)4/h5-37H,1-4H3. The van der Waals surface area contributed by atoms with E-state index in [9.17, 15) is 0 Å². The Labute approximate surface area is 336 Å². The summed E-state index contributed by atoms with van der Waals surface area (Å²) in [6.45, 7) is 9.40. The first-order chi connectivity index (χ1) is 27.8. The molecular formula is C56H45N. The van der Waals surface area contributed by atoms with Crippen molar-refractivity contribution in [2.24, 2.45) is 0 Å². The largest absolute Gasteiger partial charge is 0.309 e. The van der Waals surface area contributed by atoms with Gasteiger partial charge in [-0.05, 0) is 96.6 Å². The number of rotatable bonds is 7. The molecule has 0 saturated heterocycles. The Balaban J connectivity index is 1.08. The van der Waals surface area contributed by atoms with Crippen LogP contribution >= 0.6 is 0 Å². The van der Waals surface area contributed by atoms with Crippen LogP contribution in [0.5, 0.6) is 0 Å². The zero-order chi connectivity index (χ0) is 38.7. The van der Waals surface area contributed by atoms with Gasteiger partial charge >= 0.3 is 0 Å². The van der Waals surface area contributed by atoms with Crippen LogP contribution in [0.4, 0.5) is 17.1 Å². The lowest BCUT2D eigenvalue weighted by molar-refractivity contribution is 0.642. The molecule has 10 rings (SSSR count). The molecule has 0 N–H and O–H groups in total. The van der Waals surface area contributed by atoms with Gasteiger partial charge in [-0.1, -0.05) is 198 Å². The maximum atomic E-state index is 2.49. The summed E-state index contributed by atoms with van der Waals surface area (Å²) in [6.07, 6.45) is 0. The number of fused-ring (bicyclic) bond motifs is 5. The third-order valence-corrected chi connectivity index (χ3v) is 12.6. The molecule has 1 aliphatic rings. The van der Waals surface area contributed by atoms with E-state index in [1.807, 2.05) is 0 Å². The Bertz CT molecular complexity index is 2920. The molecule has 57 heavy (non-hydrogen) atoms. The van der Waals surface area contributed by atoms with Crippen LogP contribution in [0.1, 0.15) is 49.9 Å². The second-order valence-electron chi connectivity index (χ2n) is 16.6. The van der Waals surface area contributed by atoms with Crippen molar-refractivity contribution in [1.82, 2.24) is 0 Å². The van der Waals surface area contributed by atoms with E-state index in [-0.39, 0.29) is 10.8 Å². The van der Waals surface area contributed by atoms with Crippen molar-refractivity contribution in [3.63, 3.8) is 0 Å². The third kappa shape index (κ3) is 5.85. The van der Waals surface area contributed by atoms with Crippen LogP contribution in [0.3, 0.4) is 0 Å². The van der Waals surface area contributed by atoms with Crippen molar-refractivity contribution in [3.05, 3.63) is 222 Å². The number of benzene rings is 9. The molecular weight excluding hydrogens is 687 g/mol. The summed E-state index contributed by atoms with van der Waals surface area (Å²) < 4.78 is 0. The fourth-order valence-electron chi connectivity index (χ4n) is 9.19. The van der Waals surface area contributed by atoms with Crippen molar-refractivity contribution in [3.8, 4) is 33.4 Å². The second kappa shape index (κ2) is 13.5. The van der Waals surface area contributed by atoms with Gasteiger partial charge in [-0.2, -0.15) is 0 Å². The molecule has 1 heteroatoms. The van der Waals surface area contributed by atoms with E-state index in [4.69, 9.17) is 0 Å². The van der Waals surface area contributed by atoms with Gasteiger partial charge in [0, 0.05) is 33.2 Å². The van der Waals surface area contributed by atoms with E-state index >= 15 is 0 Å². The quantitative estimate of drug-likeness (QED) is 0.158. The predicted octanol–water partition coefficient (Wildman–Crippen LogP) is 15.4. The molecule has 0 aromatic heterocycles. The van der Waals surface area contributed by atoms with Crippen molar-refractivity contribution < 1.29 is 0 Å². The molecule has 0 amide bonds. The minimum atomic E-state index is -0.133. The summed E-state index contributed by atoms with van der Waals surface area (Å²) in [6, 6.07) is 73.9. The monoisotopic (exact) mass is 731 g/mol. The molecule has 9 aromatic carbocycles. The number of hydrogen-bond donors (Lipinski definition) is 0. The average Bonchev–Trinajstić information content (AvgIpc) is 3.49. The molecule has 0 fully saturated rings. The Kier molecular flexibility index (Phi) is 8.23. The van der Waals surface area contributed by atoms with Gasteiger partial charge < -0.3 is 4.90 Å². The Morgan fingerprint density at radius 3 is 1.58 bits per heavy atom. The Morgan fingerprint density at radius 2 is 0.912 bits per heavy atom. The highest BCUT2D eigenvalue weighted by Crippen LogP contribution is 2.56. The normalized spacial score (nSPS) is 13.1. The van der Waals surface area contributed by atoms with Crippen LogP contribution in [-0.2, 0) is 10.8 Å². The van der Waals surface area contributed by atoms with Crippen LogP contribution < -0.4 is 4.90 Å². The first-order valence-electron chi connectivity index (χ1n) is 20.1. The van der Waals surface area contributed by atoms with Crippen LogP contribution in [-0.4, -0.2) is 0 Å². The lowest BCUT2D eigenvalue weighted by Crippen LogP contribution is -2.18. The van der Waals surface area contributed by atoms with Crippen LogP contribution in [0.2, 0.25) is 0 Å². The van der Waals surface area contributed by atoms with E-state index in [1.54, 1.807) is 0 Å². The molecule has 1 aliphatic carbocycles. The van der Waals surface area contributed by atoms with Crippen molar-refractivity contribution in [2.45, 2.75) is 38.5 Å². The topological polar surface area (TPSA) is 3.24 Å². The molecule has 0 heterocycles. The molecule has 1 nitrogen and oxygen atoms in total. The lowest BCUT2D eigenvalue weighted by atomic mass is 9.77. The summed E-state index contributed by atoms with van der Waals surface area (Å²) in [5, 5.41) is 5.05. The summed E-state index contributed by atoms with van der Waals surface area (Å²) in [7, 11) is 0. The minimum Gasteiger partial charge on any atom is -0.309 e. The maximum Gasteiger partial charge on any atom is 0.0621 e. The van der Waals surface area contributed by atoms with Gasteiger partial charge in [0.05, 0.1) is 5.69 Å². The number of anilines is 3. The highest BCUT2D eigenvalue weighted by molar-refractivity contribution is 6.09. The average molecular weight is 732 g/mol. The molecule has 0 bridgehead atoms. The van der Waals surface area contributed by atoms with E-state index in [1.165, 1.54) is 82.9 Å². The highest BCUT2D eigenvalue weighted by atomic mass is 15.1. The maximum absolute atomic E-state index is 2.49. The number of hydrogen-bond acceptors (Lipinski definition) is 1. The van der Waals surface area contributed by atoms with Gasteiger partial charge in [-0.25, -0.2) is 0 Å². The fraction of sp³-hybridized carbons (Fsp3) is 0.107. The predicted molar refractivity (Wildman–Crippen MR) is 243 cm³/mol. The van der Waals surface area contributed by atoms with Crippen LogP contribution in [0.25, 0.3) is 54.9 Å². The van der Waals surface area contributed by atoms with Gasteiger partial charge in [0.2, 0.25) is 0 Å². The van der Waals surface area contributed by atoms with E-state index < -0.39 is 0 Å². The molecule has 0 atom stereocenters. The summed E-state index contributed by atoms with van der Waals surface area (Å²) >= 11 is 0. The van der Waals surface area contributed by atoms with Gasteiger partial charge in [0.15, 0.2) is 0 Å². The first kappa shape index (κ1) is 34.8.